The van der Waals surface area contributed by atoms with Crippen molar-refractivity contribution in [3.63, 3.8) is 0 Å². The summed E-state index contributed by atoms with van der Waals surface area (Å²) in [6.07, 6.45) is 1.44. The number of nitrogens with two attached hydrogens (primary N) is 1. The summed E-state index contributed by atoms with van der Waals surface area (Å²) in [7, 11) is 0. The van der Waals surface area contributed by atoms with Crippen molar-refractivity contribution in [1.29, 1.82) is 0 Å². The number of hydrogen-bond acceptors (Lipinski definition) is 4. The third kappa shape index (κ3) is 3.05. The Balaban J connectivity index is 2.60. The molecule has 1 atom stereocenters. The lowest BCUT2D eigenvalue weighted by molar-refractivity contribution is -0.116. The number of aromatic hydroxyl groups is 1. The van der Waals surface area contributed by atoms with Gasteiger partial charge in [-0.15, -0.1) is 0 Å². The molecule has 0 heterocycles. The number of Topliss-reactive ketones (excluding diaryl/α,β-unsaturated/α-hetero) is 1. The van der Waals surface area contributed by atoms with E-state index in [1.54, 1.807) is 12.1 Å². The maximum Gasteiger partial charge on any atom is 0.158 e. The molecule has 0 unspecified atom stereocenters. The summed E-state index contributed by atoms with van der Waals surface area (Å²) in [5.41, 5.74) is 6.21. The van der Waals surface area contributed by atoms with Crippen LogP contribution in [0.1, 0.15) is 5.56 Å². The van der Waals surface area contributed by atoms with E-state index < -0.39 is 6.04 Å². The minimum atomic E-state index is -0.563. The van der Waals surface area contributed by atoms with Crippen LogP contribution in [-0.4, -0.2) is 22.7 Å². The summed E-state index contributed by atoms with van der Waals surface area (Å²) < 4.78 is 0. The van der Waals surface area contributed by atoms with Crippen molar-refractivity contribution in [3.05, 3.63) is 36.2 Å². The molecule has 1 radical (unpaired) electrons. The van der Waals surface area contributed by atoms with Crippen LogP contribution in [0.2, 0.25) is 0 Å². The number of phenolic OH excluding ortho intramolecular Hbond substituents is 1. The second kappa shape index (κ2) is 5.02. The van der Waals surface area contributed by atoms with Gasteiger partial charge in [0.1, 0.15) is 5.75 Å². The molecule has 0 aliphatic heterocycles. The Kier molecular flexibility index (Phi) is 3.98. The predicted octanol–water partition coefficient (Wildman–Crippen LogP) is 0.771. The highest BCUT2D eigenvalue weighted by atomic mass is 32.1. The second-order valence-electron chi connectivity index (χ2n) is 2.93. The van der Waals surface area contributed by atoms with Crippen LogP contribution in [0.25, 0.3) is 0 Å². The molecule has 3 N–H and O–H groups in total. The van der Waals surface area contributed by atoms with Crippen molar-refractivity contribution in [2.24, 2.45) is 5.73 Å². The van der Waals surface area contributed by atoms with Gasteiger partial charge in [0.2, 0.25) is 0 Å². The first-order chi connectivity index (χ1) is 6.63. The van der Waals surface area contributed by atoms with E-state index in [0.717, 1.165) is 5.56 Å². The van der Waals surface area contributed by atoms with Crippen molar-refractivity contribution in [2.75, 3.05) is 5.75 Å². The molecular weight excluding hydrogens is 198 g/mol. The fourth-order valence-corrected chi connectivity index (χ4v) is 1.11. The molecule has 0 aliphatic carbocycles. The Labute approximate surface area is 88.3 Å². The quantitative estimate of drug-likeness (QED) is 0.643. The number of benzene rings is 1. The zero-order valence-corrected chi connectivity index (χ0v) is 8.45. The summed E-state index contributed by atoms with van der Waals surface area (Å²) in [6.45, 7) is 0. The highest BCUT2D eigenvalue weighted by Gasteiger charge is 2.12. The van der Waals surface area contributed by atoms with E-state index in [9.17, 15) is 4.79 Å². The molecule has 4 heteroatoms. The van der Waals surface area contributed by atoms with Gasteiger partial charge in [0.05, 0.1) is 12.5 Å². The molecule has 0 saturated carbocycles. The van der Waals surface area contributed by atoms with Crippen LogP contribution >= 0.6 is 12.6 Å². The molecule has 1 aromatic rings. The van der Waals surface area contributed by atoms with Crippen molar-refractivity contribution in [3.8, 4) is 5.75 Å². The second-order valence-corrected chi connectivity index (χ2v) is 3.29. The lowest BCUT2D eigenvalue weighted by atomic mass is 10.1. The summed E-state index contributed by atoms with van der Waals surface area (Å²) in [5.74, 6) is 0.340. The Bertz CT molecular complexity index is 310. The molecule has 0 spiro atoms. The SMILES string of the molecule is N[C@H](CS)C(=O)[CH]c1ccc(O)cc1. The Hall–Kier alpha value is -1.00. The van der Waals surface area contributed by atoms with Gasteiger partial charge >= 0.3 is 0 Å². The third-order valence-electron chi connectivity index (χ3n) is 1.76. The molecule has 0 saturated heterocycles. The fourth-order valence-electron chi connectivity index (χ4n) is 0.932. The summed E-state index contributed by atoms with van der Waals surface area (Å²) in [4.78, 5) is 11.3. The molecule has 3 nitrogen and oxygen atoms in total. The first kappa shape index (κ1) is 11.1. The lowest BCUT2D eigenvalue weighted by Crippen LogP contribution is -2.32. The van der Waals surface area contributed by atoms with Crippen LogP contribution in [-0.2, 0) is 4.79 Å². The van der Waals surface area contributed by atoms with E-state index in [-0.39, 0.29) is 11.5 Å². The average molecular weight is 210 g/mol. The van der Waals surface area contributed by atoms with Crippen LogP contribution in [0.4, 0.5) is 0 Å². The van der Waals surface area contributed by atoms with Gasteiger partial charge < -0.3 is 10.8 Å². The zero-order valence-electron chi connectivity index (χ0n) is 7.55. The monoisotopic (exact) mass is 210 g/mol. The predicted molar refractivity (Wildman–Crippen MR) is 58.3 cm³/mol. The number of rotatable bonds is 4. The van der Waals surface area contributed by atoms with Gasteiger partial charge in [0.25, 0.3) is 0 Å². The van der Waals surface area contributed by atoms with Crippen LogP contribution in [0.3, 0.4) is 0 Å². The molecule has 0 aromatic heterocycles. The Morgan fingerprint density at radius 2 is 2.07 bits per heavy atom. The van der Waals surface area contributed by atoms with Gasteiger partial charge in [-0.1, -0.05) is 12.1 Å². The van der Waals surface area contributed by atoms with Gasteiger partial charge in [-0.2, -0.15) is 12.6 Å². The molecule has 0 amide bonds. The largest absolute Gasteiger partial charge is 0.508 e. The molecule has 0 aliphatic rings. The van der Waals surface area contributed by atoms with Crippen LogP contribution in [0.5, 0.6) is 5.75 Å². The first-order valence-electron chi connectivity index (χ1n) is 4.17. The highest BCUT2D eigenvalue weighted by Crippen LogP contribution is 2.11. The standard InChI is InChI=1S/C10H12NO2S/c11-9(6-14)10(13)5-7-1-3-8(12)4-2-7/h1-5,9,12,14H,6,11H2/t9-/m1/s1. The summed E-state index contributed by atoms with van der Waals surface area (Å²) >= 11 is 3.93. The topological polar surface area (TPSA) is 63.3 Å². The average Bonchev–Trinajstić information content (AvgIpc) is 2.20. The van der Waals surface area contributed by atoms with E-state index in [1.807, 2.05) is 0 Å². The van der Waals surface area contributed by atoms with Crippen LogP contribution in [0, 0.1) is 6.42 Å². The fraction of sp³-hybridized carbons (Fsp3) is 0.200. The molecular formula is C10H12NO2S. The normalized spacial score (nSPS) is 12.4. The number of carbonyl (C=O) groups is 1. The van der Waals surface area contributed by atoms with Crippen molar-refractivity contribution in [1.82, 2.24) is 0 Å². The Morgan fingerprint density at radius 1 is 1.50 bits per heavy atom. The summed E-state index contributed by atoms with van der Waals surface area (Å²) in [6, 6.07) is 5.78. The third-order valence-corrected chi connectivity index (χ3v) is 2.16. The molecule has 14 heavy (non-hydrogen) atoms. The Morgan fingerprint density at radius 3 is 2.57 bits per heavy atom. The van der Waals surface area contributed by atoms with Crippen molar-refractivity contribution in [2.45, 2.75) is 6.04 Å². The van der Waals surface area contributed by atoms with Gasteiger partial charge in [-0.05, 0) is 17.7 Å². The van der Waals surface area contributed by atoms with Crippen molar-refractivity contribution < 1.29 is 9.90 Å². The van der Waals surface area contributed by atoms with Gasteiger partial charge in [-0.3, -0.25) is 4.79 Å². The molecule has 1 rings (SSSR count). The minimum Gasteiger partial charge on any atom is -0.508 e. The molecule has 1 aromatic carbocycles. The number of hydrogen-bond donors (Lipinski definition) is 3. The van der Waals surface area contributed by atoms with Crippen LogP contribution < -0.4 is 5.73 Å². The smallest absolute Gasteiger partial charge is 0.158 e. The van der Waals surface area contributed by atoms with E-state index in [2.05, 4.69) is 12.6 Å². The number of phenols is 1. The van der Waals surface area contributed by atoms with Gasteiger partial charge in [-0.25, -0.2) is 0 Å². The minimum absolute atomic E-state index is 0.161. The molecule has 75 valence electrons. The maximum absolute atomic E-state index is 11.3. The van der Waals surface area contributed by atoms with E-state index in [4.69, 9.17) is 10.8 Å². The van der Waals surface area contributed by atoms with Crippen molar-refractivity contribution >= 4 is 18.4 Å². The van der Waals surface area contributed by atoms with Crippen LogP contribution in [0.15, 0.2) is 24.3 Å². The first-order valence-corrected chi connectivity index (χ1v) is 4.81. The van der Waals surface area contributed by atoms with Gasteiger partial charge in [0.15, 0.2) is 5.78 Å². The van der Waals surface area contributed by atoms with E-state index >= 15 is 0 Å². The maximum atomic E-state index is 11.3. The van der Waals surface area contributed by atoms with E-state index in [0.29, 0.717) is 5.75 Å². The number of ketones is 1. The number of thiol groups is 1. The zero-order chi connectivity index (χ0) is 10.6. The van der Waals surface area contributed by atoms with E-state index in [1.165, 1.54) is 18.6 Å². The molecule has 0 fully saturated rings. The highest BCUT2D eigenvalue weighted by molar-refractivity contribution is 7.80. The lowest BCUT2D eigenvalue weighted by Gasteiger charge is -2.06. The number of carbonyl (C=O) groups excluding carboxylic acids is 1. The van der Waals surface area contributed by atoms with Gasteiger partial charge in [0, 0.05) is 5.75 Å². The molecule has 0 bridgehead atoms. The summed E-state index contributed by atoms with van der Waals surface area (Å²) in [5, 5.41) is 9.01.